The first-order valence-corrected chi connectivity index (χ1v) is 14.0. The zero-order chi connectivity index (χ0) is 32.4. The highest BCUT2D eigenvalue weighted by molar-refractivity contribution is 6.35. The number of unbranched alkanes of at least 4 members (excludes halogenated alkanes) is 1. The molecule has 0 aliphatic heterocycles. The predicted octanol–water partition coefficient (Wildman–Crippen LogP) is -2.98. The number of hydrogen-bond donors (Lipinski definition) is 9. The average molecular weight is 602 g/mol. The van der Waals surface area contributed by atoms with E-state index in [1.165, 1.54) is 20.8 Å². The summed E-state index contributed by atoms with van der Waals surface area (Å²) in [5, 5.41) is 34.0. The van der Waals surface area contributed by atoms with Crippen LogP contribution in [0.25, 0.3) is 0 Å². The van der Waals surface area contributed by atoms with Crippen molar-refractivity contribution >= 4 is 41.3 Å². The van der Waals surface area contributed by atoms with E-state index in [2.05, 4.69) is 31.9 Å². The van der Waals surface area contributed by atoms with Crippen molar-refractivity contribution in [2.45, 2.75) is 103 Å². The average Bonchev–Trinajstić information content (AvgIpc) is 2.92. The first kappa shape index (κ1) is 38.4. The smallest absolute Gasteiger partial charge is 0.374 e. The molecule has 0 rings (SSSR count). The van der Waals surface area contributed by atoms with E-state index < -0.39 is 71.7 Å². The molecule has 0 heterocycles. The van der Waals surface area contributed by atoms with E-state index >= 15 is 0 Å². The number of carbonyl (C=O) groups excluding carboxylic acids is 6. The summed E-state index contributed by atoms with van der Waals surface area (Å²) in [4.78, 5) is 86.0. The Morgan fingerprint density at radius 3 is 1.83 bits per heavy atom. The second-order valence-corrected chi connectivity index (χ2v) is 9.96. The summed E-state index contributed by atoms with van der Waals surface area (Å²) < 4.78 is 0. The van der Waals surface area contributed by atoms with E-state index in [-0.39, 0.29) is 25.2 Å². The van der Waals surface area contributed by atoms with Crippen molar-refractivity contribution < 1.29 is 43.8 Å². The molecule has 0 spiro atoms. The molecule has 5 amide bonds. The molecule has 0 aromatic rings. The summed E-state index contributed by atoms with van der Waals surface area (Å²) in [5.41, 5.74) is 5.52. The zero-order valence-electron chi connectivity index (χ0n) is 25.0. The van der Waals surface area contributed by atoms with Crippen molar-refractivity contribution in [1.82, 2.24) is 31.9 Å². The third-order valence-electron chi connectivity index (χ3n) is 6.19. The van der Waals surface area contributed by atoms with Gasteiger partial charge in [0.15, 0.2) is 0 Å². The lowest BCUT2D eigenvalue weighted by Crippen LogP contribution is -2.60. The van der Waals surface area contributed by atoms with Gasteiger partial charge in [-0.2, -0.15) is 0 Å². The Morgan fingerprint density at radius 2 is 1.31 bits per heavy atom. The Balaban J connectivity index is 5.42. The van der Waals surface area contributed by atoms with Gasteiger partial charge in [-0.3, -0.25) is 28.8 Å². The summed E-state index contributed by atoms with van der Waals surface area (Å²) >= 11 is 0. The second-order valence-electron chi connectivity index (χ2n) is 9.96. The number of amides is 5. The molecule has 16 heteroatoms. The van der Waals surface area contributed by atoms with E-state index in [0.29, 0.717) is 32.4 Å². The summed E-state index contributed by atoms with van der Waals surface area (Å²) in [6.45, 7) is 6.31. The molecule has 0 aliphatic carbocycles. The van der Waals surface area contributed by atoms with E-state index in [4.69, 9.17) is 10.8 Å². The van der Waals surface area contributed by atoms with Gasteiger partial charge in [-0.1, -0.05) is 13.3 Å². The van der Waals surface area contributed by atoms with E-state index in [9.17, 15) is 38.7 Å². The van der Waals surface area contributed by atoms with Crippen LogP contribution in [-0.2, 0) is 33.6 Å². The molecular formula is C26H47N7O9. The molecule has 0 fully saturated rings. The van der Waals surface area contributed by atoms with Crippen LogP contribution in [0, 0.1) is 0 Å². The first-order chi connectivity index (χ1) is 19.7. The number of ketones is 1. The SMILES string of the molecule is CCC[C@H](NC(=O)[C@H](C)NC(=O)[C@@H](NC(=O)[C@H](CCCCN)NC(=O)CCNC)[C@@H](C)O)C(=O)N[C@@H](C)C(=O)C(=O)O. The van der Waals surface area contributed by atoms with Crippen LogP contribution >= 0.6 is 0 Å². The van der Waals surface area contributed by atoms with Gasteiger partial charge in [-0.05, 0) is 60.0 Å². The molecule has 42 heavy (non-hydrogen) atoms. The number of aliphatic hydroxyl groups is 1. The Hall–Kier alpha value is -3.63. The minimum atomic E-state index is -1.71. The second kappa shape index (κ2) is 20.3. The molecule has 0 aliphatic rings. The maximum atomic E-state index is 13.0. The zero-order valence-corrected chi connectivity index (χ0v) is 25.0. The van der Waals surface area contributed by atoms with Crippen LogP contribution in [0.4, 0.5) is 0 Å². The third kappa shape index (κ3) is 14.3. The highest BCUT2D eigenvalue weighted by Crippen LogP contribution is 2.05. The van der Waals surface area contributed by atoms with Crippen molar-refractivity contribution in [3.8, 4) is 0 Å². The number of rotatable bonds is 21. The number of aliphatic hydroxyl groups excluding tert-OH is 1. The Bertz CT molecular complexity index is 945. The summed E-state index contributed by atoms with van der Waals surface area (Å²) in [7, 11) is 1.68. The molecule has 0 bridgehead atoms. The number of carboxylic acid groups (broad SMARTS) is 1. The lowest BCUT2D eigenvalue weighted by Gasteiger charge is -2.26. The number of carboxylic acids is 1. The predicted molar refractivity (Wildman–Crippen MR) is 152 cm³/mol. The molecule has 16 nitrogen and oxygen atoms in total. The summed E-state index contributed by atoms with van der Waals surface area (Å²) in [6, 6.07) is -6.14. The standard InChI is InChI=1S/C26H47N7O9/c1-6-9-17(23(38)29-14(2)21(36)26(41)42)32-22(37)15(3)30-25(40)20(16(4)34)33-24(39)18(10-7-8-12-27)31-19(35)11-13-28-5/h14-18,20,28,34H,6-13,27H2,1-5H3,(H,29,38)(H,30,40)(H,31,35)(H,32,37)(H,33,39)(H,41,42)/t14-,15-,16+,17-,18-,20-/m0/s1. The monoisotopic (exact) mass is 601 g/mol. The molecule has 0 saturated carbocycles. The van der Waals surface area contributed by atoms with Gasteiger partial charge in [0.2, 0.25) is 29.5 Å². The molecule has 0 radical (unpaired) electrons. The highest BCUT2D eigenvalue weighted by atomic mass is 16.4. The number of nitrogens with two attached hydrogens (primary N) is 1. The van der Waals surface area contributed by atoms with Crippen molar-refractivity contribution in [2.75, 3.05) is 20.1 Å². The minimum absolute atomic E-state index is 0.121. The van der Waals surface area contributed by atoms with Crippen molar-refractivity contribution in [3.63, 3.8) is 0 Å². The molecule has 6 atom stereocenters. The van der Waals surface area contributed by atoms with Gasteiger partial charge in [0, 0.05) is 13.0 Å². The molecule has 0 aromatic heterocycles. The van der Waals surface area contributed by atoms with Crippen molar-refractivity contribution in [1.29, 1.82) is 0 Å². The van der Waals surface area contributed by atoms with Crippen molar-refractivity contribution in [3.05, 3.63) is 0 Å². The van der Waals surface area contributed by atoms with Crippen LogP contribution in [0.2, 0.25) is 0 Å². The largest absolute Gasteiger partial charge is 0.475 e. The highest BCUT2D eigenvalue weighted by Gasteiger charge is 2.32. The minimum Gasteiger partial charge on any atom is -0.475 e. The normalized spacial score (nSPS) is 15.1. The van der Waals surface area contributed by atoms with Gasteiger partial charge in [0.25, 0.3) is 5.78 Å². The molecular weight excluding hydrogens is 554 g/mol. The molecule has 0 unspecified atom stereocenters. The maximum absolute atomic E-state index is 13.0. The van der Waals surface area contributed by atoms with E-state index in [1.807, 2.05) is 0 Å². The lowest BCUT2D eigenvalue weighted by atomic mass is 10.1. The fourth-order valence-electron chi connectivity index (χ4n) is 3.71. The number of nitrogens with one attached hydrogen (secondary N) is 6. The van der Waals surface area contributed by atoms with E-state index in [1.54, 1.807) is 14.0 Å². The molecule has 0 aromatic carbocycles. The fraction of sp³-hybridized carbons (Fsp3) is 0.731. The number of hydrogen-bond acceptors (Lipinski definition) is 10. The number of carbonyl (C=O) groups is 7. The van der Waals surface area contributed by atoms with E-state index in [0.717, 1.165) is 0 Å². The number of aliphatic carboxylic acids is 1. The van der Waals surface area contributed by atoms with Gasteiger partial charge < -0.3 is 47.8 Å². The summed E-state index contributed by atoms with van der Waals surface area (Å²) in [6.07, 6.45) is 0.739. The number of Topliss-reactive ketones (excluding diaryl/α,β-unsaturated/α-hetero) is 1. The molecule has 0 saturated heterocycles. The van der Waals surface area contributed by atoms with Crippen LogP contribution in [0.3, 0.4) is 0 Å². The van der Waals surface area contributed by atoms with Crippen LogP contribution in [-0.4, -0.2) is 108 Å². The molecule has 240 valence electrons. The van der Waals surface area contributed by atoms with Gasteiger partial charge in [0.1, 0.15) is 24.2 Å². The van der Waals surface area contributed by atoms with Crippen LogP contribution in [0.1, 0.15) is 66.2 Å². The maximum Gasteiger partial charge on any atom is 0.374 e. The van der Waals surface area contributed by atoms with Crippen molar-refractivity contribution in [2.24, 2.45) is 5.73 Å². The quantitative estimate of drug-likeness (QED) is 0.0474. The first-order valence-electron chi connectivity index (χ1n) is 14.0. The van der Waals surface area contributed by atoms with Gasteiger partial charge in [0.05, 0.1) is 12.1 Å². The fourth-order valence-corrected chi connectivity index (χ4v) is 3.71. The van der Waals surface area contributed by atoms with Crippen LogP contribution in [0.15, 0.2) is 0 Å². The Kier molecular flexibility index (Phi) is 18.5. The van der Waals surface area contributed by atoms with Gasteiger partial charge >= 0.3 is 5.97 Å². The molecule has 10 N–H and O–H groups in total. The van der Waals surface area contributed by atoms with Gasteiger partial charge in [-0.25, -0.2) is 4.79 Å². The Labute approximate surface area is 245 Å². The lowest BCUT2D eigenvalue weighted by molar-refractivity contribution is -0.150. The summed E-state index contributed by atoms with van der Waals surface area (Å²) in [5.74, 6) is -6.47. The van der Waals surface area contributed by atoms with Crippen LogP contribution < -0.4 is 37.6 Å². The van der Waals surface area contributed by atoms with Gasteiger partial charge in [-0.15, -0.1) is 0 Å². The Morgan fingerprint density at radius 1 is 0.738 bits per heavy atom. The third-order valence-corrected chi connectivity index (χ3v) is 6.19. The topological polar surface area (TPSA) is 258 Å². The van der Waals surface area contributed by atoms with Crippen LogP contribution in [0.5, 0.6) is 0 Å².